The molecule has 0 radical (unpaired) electrons. The summed E-state index contributed by atoms with van der Waals surface area (Å²) in [6.45, 7) is 0.702. The highest BCUT2D eigenvalue weighted by Crippen LogP contribution is 2.30. The lowest BCUT2D eigenvalue weighted by Gasteiger charge is -2.16. The van der Waals surface area contributed by atoms with Gasteiger partial charge in [-0.1, -0.05) is 54.1 Å². The van der Waals surface area contributed by atoms with E-state index in [2.05, 4.69) is 12.1 Å². The first kappa shape index (κ1) is 16.7. The van der Waals surface area contributed by atoms with Gasteiger partial charge in [0.2, 0.25) is 0 Å². The van der Waals surface area contributed by atoms with E-state index in [0.29, 0.717) is 11.6 Å². The Balaban J connectivity index is 1.67. The molecular formula is C20H18ClNOS. The zero-order valence-corrected chi connectivity index (χ0v) is 15.0. The van der Waals surface area contributed by atoms with Crippen LogP contribution in [0.3, 0.4) is 0 Å². The Morgan fingerprint density at radius 2 is 1.83 bits per heavy atom. The predicted molar refractivity (Wildman–Crippen MR) is 102 cm³/mol. The number of hydrogen-bond donors (Lipinski definition) is 0. The van der Waals surface area contributed by atoms with Crippen molar-refractivity contribution in [3.05, 3.63) is 82.2 Å². The van der Waals surface area contributed by atoms with E-state index in [1.807, 2.05) is 61.6 Å². The molecule has 2 aromatic carbocycles. The lowest BCUT2D eigenvalue weighted by Crippen LogP contribution is -2.28. The van der Waals surface area contributed by atoms with Gasteiger partial charge >= 0.3 is 0 Å². The minimum absolute atomic E-state index is 0.0595. The van der Waals surface area contributed by atoms with Crippen LogP contribution >= 0.6 is 22.9 Å². The Labute approximate surface area is 151 Å². The van der Waals surface area contributed by atoms with Crippen LogP contribution in [0.25, 0.3) is 10.4 Å². The van der Waals surface area contributed by atoms with Crippen LogP contribution in [-0.4, -0.2) is 24.4 Å². The van der Waals surface area contributed by atoms with Crippen molar-refractivity contribution < 1.29 is 4.79 Å². The van der Waals surface area contributed by atoms with E-state index < -0.39 is 0 Å². The second-order valence-electron chi connectivity index (χ2n) is 5.64. The molecule has 0 fully saturated rings. The molecule has 0 saturated heterocycles. The average molecular weight is 356 g/mol. The molecule has 3 aromatic rings. The first-order valence-electron chi connectivity index (χ1n) is 7.78. The van der Waals surface area contributed by atoms with Crippen molar-refractivity contribution in [1.29, 1.82) is 0 Å². The van der Waals surface area contributed by atoms with Crippen LogP contribution in [-0.2, 0) is 6.42 Å². The van der Waals surface area contributed by atoms with Gasteiger partial charge in [0.25, 0.3) is 5.91 Å². The molecule has 0 spiro atoms. The first-order chi connectivity index (χ1) is 11.6. The van der Waals surface area contributed by atoms with Crippen LogP contribution in [0.15, 0.2) is 66.7 Å². The number of halogens is 1. The quantitative estimate of drug-likeness (QED) is 0.601. The number of hydrogen-bond acceptors (Lipinski definition) is 2. The summed E-state index contributed by atoms with van der Waals surface area (Å²) in [5.74, 6) is 0.0595. The fourth-order valence-corrected chi connectivity index (χ4v) is 3.67. The first-order valence-corrected chi connectivity index (χ1v) is 8.98. The van der Waals surface area contributed by atoms with E-state index >= 15 is 0 Å². The maximum absolute atomic E-state index is 12.6. The Morgan fingerprint density at radius 3 is 2.58 bits per heavy atom. The molecular weight excluding hydrogens is 338 g/mol. The number of amides is 1. The smallest absolute Gasteiger partial charge is 0.263 e. The highest BCUT2D eigenvalue weighted by Gasteiger charge is 2.14. The molecule has 0 saturated carbocycles. The molecule has 0 unspecified atom stereocenters. The zero-order valence-electron chi connectivity index (χ0n) is 13.4. The molecule has 0 aliphatic heterocycles. The summed E-state index contributed by atoms with van der Waals surface area (Å²) < 4.78 is 0. The van der Waals surface area contributed by atoms with Gasteiger partial charge < -0.3 is 4.90 Å². The van der Waals surface area contributed by atoms with Crippen molar-refractivity contribution in [2.75, 3.05) is 13.6 Å². The van der Waals surface area contributed by atoms with E-state index in [9.17, 15) is 4.79 Å². The van der Waals surface area contributed by atoms with Crippen LogP contribution in [0.5, 0.6) is 0 Å². The second-order valence-corrected chi connectivity index (χ2v) is 7.16. The molecule has 1 heterocycles. The Bertz CT molecular complexity index is 828. The van der Waals surface area contributed by atoms with E-state index in [0.717, 1.165) is 21.7 Å². The number of rotatable bonds is 5. The van der Waals surface area contributed by atoms with E-state index in [1.165, 1.54) is 16.9 Å². The lowest BCUT2D eigenvalue weighted by molar-refractivity contribution is 0.0801. The SMILES string of the molecule is CN(CCc1ccccc1)C(=O)c1ccc(-c2cccc(Cl)c2)s1. The zero-order chi connectivity index (χ0) is 16.9. The van der Waals surface area contributed by atoms with Crippen LogP contribution in [0, 0.1) is 0 Å². The molecule has 2 nitrogen and oxygen atoms in total. The van der Waals surface area contributed by atoms with Gasteiger partial charge in [-0.3, -0.25) is 4.79 Å². The third-order valence-electron chi connectivity index (χ3n) is 3.85. The highest BCUT2D eigenvalue weighted by atomic mass is 35.5. The monoisotopic (exact) mass is 355 g/mol. The number of carbonyl (C=O) groups excluding carboxylic acids is 1. The van der Waals surface area contributed by atoms with Gasteiger partial charge in [0.15, 0.2) is 0 Å². The minimum atomic E-state index is 0.0595. The van der Waals surface area contributed by atoms with Crippen molar-refractivity contribution >= 4 is 28.8 Å². The Hall–Kier alpha value is -2.10. The van der Waals surface area contributed by atoms with Gasteiger partial charge in [-0.15, -0.1) is 11.3 Å². The Morgan fingerprint density at radius 1 is 1.04 bits per heavy atom. The average Bonchev–Trinajstić information content (AvgIpc) is 3.10. The van der Waals surface area contributed by atoms with Crippen molar-refractivity contribution in [2.24, 2.45) is 0 Å². The fraction of sp³-hybridized carbons (Fsp3) is 0.150. The molecule has 24 heavy (non-hydrogen) atoms. The van der Waals surface area contributed by atoms with E-state index in [1.54, 1.807) is 4.90 Å². The van der Waals surface area contributed by atoms with Gasteiger partial charge in [0, 0.05) is 23.5 Å². The van der Waals surface area contributed by atoms with E-state index in [4.69, 9.17) is 11.6 Å². The number of thiophene rings is 1. The molecule has 122 valence electrons. The summed E-state index contributed by atoms with van der Waals surface area (Å²) in [4.78, 5) is 16.2. The van der Waals surface area contributed by atoms with Crippen LogP contribution in [0.4, 0.5) is 0 Å². The molecule has 0 atom stereocenters. The van der Waals surface area contributed by atoms with Gasteiger partial charge in [-0.05, 0) is 41.8 Å². The summed E-state index contributed by atoms with van der Waals surface area (Å²) >= 11 is 7.55. The van der Waals surface area contributed by atoms with Crippen molar-refractivity contribution in [3.8, 4) is 10.4 Å². The number of nitrogens with zero attached hydrogens (tertiary/aromatic N) is 1. The van der Waals surface area contributed by atoms with Crippen molar-refractivity contribution in [3.63, 3.8) is 0 Å². The van der Waals surface area contributed by atoms with Gasteiger partial charge in [-0.25, -0.2) is 0 Å². The topological polar surface area (TPSA) is 20.3 Å². The molecule has 0 bridgehead atoms. The predicted octanol–water partition coefficient (Wildman–Crippen LogP) is 5.38. The molecule has 1 amide bonds. The van der Waals surface area contributed by atoms with Crippen LogP contribution in [0.2, 0.25) is 5.02 Å². The van der Waals surface area contributed by atoms with Gasteiger partial charge in [0.1, 0.15) is 0 Å². The van der Waals surface area contributed by atoms with Gasteiger partial charge in [-0.2, -0.15) is 0 Å². The molecule has 0 aliphatic carbocycles. The maximum atomic E-state index is 12.6. The molecule has 4 heteroatoms. The van der Waals surface area contributed by atoms with Crippen LogP contribution < -0.4 is 0 Å². The fourth-order valence-electron chi connectivity index (χ4n) is 2.48. The van der Waals surface area contributed by atoms with Crippen molar-refractivity contribution in [2.45, 2.75) is 6.42 Å². The van der Waals surface area contributed by atoms with Crippen LogP contribution in [0.1, 0.15) is 15.2 Å². The largest absolute Gasteiger partial charge is 0.341 e. The summed E-state index contributed by atoms with van der Waals surface area (Å²) in [7, 11) is 1.85. The normalized spacial score (nSPS) is 10.6. The molecule has 3 rings (SSSR count). The maximum Gasteiger partial charge on any atom is 0.263 e. The number of likely N-dealkylation sites (N-methyl/N-ethyl adjacent to an activating group) is 1. The van der Waals surface area contributed by atoms with Gasteiger partial charge in [0.05, 0.1) is 4.88 Å². The molecule has 0 N–H and O–H groups in total. The highest BCUT2D eigenvalue weighted by molar-refractivity contribution is 7.17. The minimum Gasteiger partial charge on any atom is -0.341 e. The summed E-state index contributed by atoms with van der Waals surface area (Å²) in [5, 5.41) is 0.703. The summed E-state index contributed by atoms with van der Waals surface area (Å²) in [5.41, 5.74) is 2.28. The molecule has 1 aromatic heterocycles. The standard InChI is InChI=1S/C20H18ClNOS/c1-22(13-12-15-6-3-2-4-7-15)20(23)19-11-10-18(24-19)16-8-5-9-17(21)14-16/h2-11,14H,12-13H2,1H3. The van der Waals surface area contributed by atoms with Crippen molar-refractivity contribution in [1.82, 2.24) is 4.90 Å². The Kier molecular flexibility index (Phi) is 5.34. The summed E-state index contributed by atoms with van der Waals surface area (Å²) in [6.07, 6.45) is 0.857. The van der Waals surface area contributed by atoms with E-state index in [-0.39, 0.29) is 5.91 Å². The molecule has 0 aliphatic rings. The number of benzene rings is 2. The summed E-state index contributed by atoms with van der Waals surface area (Å²) in [6, 6.07) is 21.8. The third kappa shape index (κ3) is 4.05. The second kappa shape index (κ2) is 7.65. The third-order valence-corrected chi connectivity index (χ3v) is 5.21. The number of carbonyl (C=O) groups is 1. The lowest BCUT2D eigenvalue weighted by atomic mass is 10.1.